The number of aromatic nitrogens is 2. The van der Waals surface area contributed by atoms with Gasteiger partial charge in [0.05, 0.1) is 7.05 Å². The third-order valence-corrected chi connectivity index (χ3v) is 1.71. The highest BCUT2D eigenvalue weighted by molar-refractivity contribution is 4.73. The highest BCUT2D eigenvalue weighted by atomic mass is 19.4. The molecule has 0 N–H and O–H groups in total. The molecule has 1 unspecified atom stereocenters. The normalized spacial score (nSPS) is 15.4. The molecule has 1 heterocycles. The molecule has 0 aliphatic heterocycles. The number of hydrogen-bond donors (Lipinski definition) is 0. The van der Waals surface area contributed by atoms with Crippen LogP contribution in [0.15, 0.2) is 18.7 Å². The lowest BCUT2D eigenvalue weighted by atomic mass is 10.3. The summed E-state index contributed by atoms with van der Waals surface area (Å²) >= 11 is 0. The molecule has 1 aromatic heterocycles. The summed E-state index contributed by atoms with van der Waals surface area (Å²) in [5.74, 6) is 0. The van der Waals surface area contributed by atoms with Gasteiger partial charge in [-0.3, -0.25) is 0 Å². The van der Waals surface area contributed by atoms with Crippen molar-refractivity contribution < 1.29 is 30.9 Å². The molecule has 0 aliphatic carbocycles. The summed E-state index contributed by atoms with van der Waals surface area (Å²) in [6.07, 6.45) is -7.41. The van der Waals surface area contributed by atoms with E-state index in [4.69, 9.17) is 0 Å². The van der Waals surface area contributed by atoms with Crippen molar-refractivity contribution in [1.82, 2.24) is 4.57 Å². The van der Waals surface area contributed by atoms with Crippen LogP contribution in [0.2, 0.25) is 0 Å². The van der Waals surface area contributed by atoms with Crippen LogP contribution in [0.4, 0.5) is 26.3 Å². The van der Waals surface area contributed by atoms with Gasteiger partial charge in [0.2, 0.25) is 6.33 Å². The number of alkyl halides is 6. The zero-order chi connectivity index (χ0) is 11.9. The second kappa shape index (κ2) is 3.42. The average molecular weight is 233 g/mol. The van der Waals surface area contributed by atoms with E-state index in [0.717, 1.165) is 10.8 Å². The van der Waals surface area contributed by atoms with Gasteiger partial charge in [-0.05, 0) is 0 Å². The summed E-state index contributed by atoms with van der Waals surface area (Å²) in [4.78, 5) is 0. The van der Waals surface area contributed by atoms with Crippen LogP contribution in [0.5, 0.6) is 0 Å². The molecule has 2 nitrogen and oxygen atoms in total. The largest absolute Gasteiger partial charge is 0.437 e. The molecule has 1 aromatic rings. The van der Waals surface area contributed by atoms with Crippen LogP contribution < -0.4 is 4.57 Å². The first-order valence-electron chi connectivity index (χ1n) is 3.78. The Morgan fingerprint density at radius 1 is 1.20 bits per heavy atom. The number of hydrogen-bond acceptors (Lipinski definition) is 0. The molecule has 0 spiro atoms. The van der Waals surface area contributed by atoms with Gasteiger partial charge in [-0.15, -0.1) is 0 Å². The lowest BCUT2D eigenvalue weighted by Crippen LogP contribution is -2.58. The zero-order valence-corrected chi connectivity index (χ0v) is 7.47. The Morgan fingerprint density at radius 2 is 1.73 bits per heavy atom. The Hall–Kier alpha value is -1.21. The van der Waals surface area contributed by atoms with Gasteiger partial charge in [0, 0.05) is 0 Å². The Morgan fingerprint density at radius 3 is 2.07 bits per heavy atom. The molecule has 0 saturated carbocycles. The summed E-state index contributed by atoms with van der Waals surface area (Å²) < 4.78 is 74.6. The summed E-state index contributed by atoms with van der Waals surface area (Å²) in [5.41, 5.74) is 0. The quantitative estimate of drug-likeness (QED) is 0.543. The summed E-state index contributed by atoms with van der Waals surface area (Å²) in [5, 5.41) is 0. The predicted molar refractivity (Wildman–Crippen MR) is 36.7 cm³/mol. The molecule has 0 radical (unpaired) electrons. The molecule has 1 rings (SSSR count). The van der Waals surface area contributed by atoms with E-state index >= 15 is 0 Å². The fraction of sp³-hybridized carbons (Fsp3) is 0.571. The molecule has 0 saturated heterocycles. The molecule has 1 atom stereocenters. The second-order valence-corrected chi connectivity index (χ2v) is 2.98. The molecule has 0 aliphatic rings. The highest BCUT2D eigenvalue weighted by Gasteiger charge is 2.61. The molecule has 0 aromatic carbocycles. The van der Waals surface area contributed by atoms with E-state index in [0.29, 0.717) is 12.5 Å². The van der Waals surface area contributed by atoms with E-state index in [-0.39, 0.29) is 4.57 Å². The van der Waals surface area contributed by atoms with Gasteiger partial charge < -0.3 is 0 Å². The first kappa shape index (κ1) is 11.9. The molecule has 0 fully saturated rings. The van der Waals surface area contributed by atoms with Crippen LogP contribution in [0.3, 0.4) is 0 Å². The maximum atomic E-state index is 12.9. The maximum Gasteiger partial charge on any atom is 0.437 e. The van der Waals surface area contributed by atoms with Crippen LogP contribution in [0.25, 0.3) is 0 Å². The van der Waals surface area contributed by atoms with Crippen LogP contribution in [0.1, 0.15) is 0 Å². The minimum Gasteiger partial charge on any atom is -0.239 e. The van der Waals surface area contributed by atoms with Crippen molar-refractivity contribution in [3.8, 4) is 0 Å². The standard InChI is InChI=1S/C7H7F6N2/c1-14-2-3-15(4-14)7(12,13)5(8)6(9,10)11/h2-5H,1H3/q+1. The summed E-state index contributed by atoms with van der Waals surface area (Å²) in [6.45, 7) is 0. The number of nitrogens with zero attached hydrogens (tertiary/aromatic N) is 2. The minimum atomic E-state index is -5.59. The van der Waals surface area contributed by atoms with Gasteiger partial charge in [0.15, 0.2) is 0 Å². The third kappa shape index (κ3) is 2.24. The van der Waals surface area contributed by atoms with Crippen LogP contribution in [-0.4, -0.2) is 16.9 Å². The lowest BCUT2D eigenvalue weighted by Gasteiger charge is -2.18. The van der Waals surface area contributed by atoms with Crippen LogP contribution >= 0.6 is 0 Å². The van der Waals surface area contributed by atoms with Gasteiger partial charge in [-0.25, -0.2) is 8.96 Å². The van der Waals surface area contributed by atoms with E-state index in [2.05, 4.69) is 0 Å². The fourth-order valence-electron chi connectivity index (χ4n) is 0.954. The van der Waals surface area contributed by atoms with Gasteiger partial charge in [-0.1, -0.05) is 0 Å². The number of aryl methyl sites for hydroxylation is 1. The Bertz CT molecular complexity index is 341. The third-order valence-electron chi connectivity index (χ3n) is 1.71. The first-order valence-corrected chi connectivity index (χ1v) is 3.78. The molecule has 15 heavy (non-hydrogen) atoms. The van der Waals surface area contributed by atoms with Gasteiger partial charge >= 0.3 is 18.4 Å². The fourth-order valence-corrected chi connectivity index (χ4v) is 0.954. The number of imidazole rings is 1. The molecule has 0 amide bonds. The summed E-state index contributed by atoms with van der Waals surface area (Å²) in [6, 6.07) is -4.64. The van der Waals surface area contributed by atoms with Gasteiger partial charge in [-0.2, -0.15) is 26.5 Å². The van der Waals surface area contributed by atoms with Crippen molar-refractivity contribution in [1.29, 1.82) is 0 Å². The first-order chi connectivity index (χ1) is 6.65. The van der Waals surface area contributed by atoms with Crippen molar-refractivity contribution in [2.75, 3.05) is 0 Å². The highest BCUT2D eigenvalue weighted by Crippen LogP contribution is 2.34. The van der Waals surface area contributed by atoms with Crippen LogP contribution in [0, 0.1) is 0 Å². The zero-order valence-electron chi connectivity index (χ0n) is 7.47. The lowest BCUT2D eigenvalue weighted by molar-refractivity contribution is -0.833. The van der Waals surface area contributed by atoms with Crippen molar-refractivity contribution >= 4 is 0 Å². The molecular weight excluding hydrogens is 226 g/mol. The molecular formula is C7H7F6N2+. The van der Waals surface area contributed by atoms with E-state index in [1.807, 2.05) is 0 Å². The van der Waals surface area contributed by atoms with Crippen molar-refractivity contribution in [2.24, 2.45) is 7.05 Å². The molecule has 8 heteroatoms. The van der Waals surface area contributed by atoms with Crippen LogP contribution in [-0.2, 0) is 13.1 Å². The minimum absolute atomic E-state index is 0.120. The van der Waals surface area contributed by atoms with E-state index < -0.39 is 18.4 Å². The van der Waals surface area contributed by atoms with Crippen molar-refractivity contribution in [2.45, 2.75) is 18.4 Å². The smallest absolute Gasteiger partial charge is 0.239 e. The van der Waals surface area contributed by atoms with E-state index in [9.17, 15) is 26.3 Å². The SMILES string of the molecule is Cn1cc[n+](C(F)(F)C(F)C(F)(F)F)c1. The Balaban J connectivity index is 3.02. The van der Waals surface area contributed by atoms with Crippen molar-refractivity contribution in [3.05, 3.63) is 18.7 Å². The predicted octanol–water partition coefficient (Wildman–Crippen LogP) is 1.76. The Labute approximate surface area is 80.7 Å². The van der Waals surface area contributed by atoms with Gasteiger partial charge in [0.25, 0.3) is 0 Å². The van der Waals surface area contributed by atoms with Gasteiger partial charge in [0.1, 0.15) is 12.4 Å². The topological polar surface area (TPSA) is 8.81 Å². The number of halogens is 6. The number of rotatable bonds is 2. The maximum absolute atomic E-state index is 12.9. The van der Waals surface area contributed by atoms with E-state index in [1.54, 1.807) is 0 Å². The Kier molecular flexibility index (Phi) is 2.71. The second-order valence-electron chi connectivity index (χ2n) is 2.98. The van der Waals surface area contributed by atoms with Crippen molar-refractivity contribution in [3.63, 3.8) is 0 Å². The molecule has 0 bridgehead atoms. The molecule has 86 valence electrons. The monoisotopic (exact) mass is 233 g/mol. The van der Waals surface area contributed by atoms with E-state index in [1.165, 1.54) is 7.05 Å². The summed E-state index contributed by atoms with van der Waals surface area (Å²) in [7, 11) is 1.33. The average Bonchev–Trinajstić information content (AvgIpc) is 2.49.